The number of halogens is 3. The van der Waals surface area contributed by atoms with Crippen LogP contribution >= 0.6 is 0 Å². The van der Waals surface area contributed by atoms with Crippen molar-refractivity contribution in [3.63, 3.8) is 0 Å². The number of imidazole rings is 1. The monoisotopic (exact) mass is 605 g/mol. The summed E-state index contributed by atoms with van der Waals surface area (Å²) in [6.07, 6.45) is 4.10. The van der Waals surface area contributed by atoms with Crippen LogP contribution in [0.5, 0.6) is 11.5 Å². The van der Waals surface area contributed by atoms with E-state index in [4.69, 9.17) is 14.5 Å². The molecule has 10 nitrogen and oxygen atoms in total. The second-order valence-electron chi connectivity index (χ2n) is 9.69. The molecule has 3 heterocycles. The minimum absolute atomic E-state index is 0.0312. The highest BCUT2D eigenvalue weighted by molar-refractivity contribution is 6.01. The maximum Gasteiger partial charge on any atom is 0.420 e. The van der Waals surface area contributed by atoms with Crippen LogP contribution in [0.3, 0.4) is 0 Å². The predicted octanol–water partition coefficient (Wildman–Crippen LogP) is 6.89. The van der Waals surface area contributed by atoms with Crippen molar-refractivity contribution in [1.82, 2.24) is 19.4 Å². The number of nitrogens with one attached hydrogen (secondary N) is 2. The van der Waals surface area contributed by atoms with E-state index in [2.05, 4.69) is 20.6 Å². The van der Waals surface area contributed by atoms with Gasteiger partial charge >= 0.3 is 12.2 Å². The zero-order chi connectivity index (χ0) is 31.3. The summed E-state index contributed by atoms with van der Waals surface area (Å²) in [6, 6.07) is 12.0. The summed E-state index contributed by atoms with van der Waals surface area (Å²) in [5.41, 5.74) is 2.29. The third-order valence-corrected chi connectivity index (χ3v) is 6.54. The van der Waals surface area contributed by atoms with Crippen LogP contribution < -0.4 is 25.0 Å². The van der Waals surface area contributed by atoms with Gasteiger partial charge in [0.05, 0.1) is 30.2 Å². The van der Waals surface area contributed by atoms with E-state index in [-0.39, 0.29) is 30.4 Å². The van der Waals surface area contributed by atoms with Gasteiger partial charge in [0.15, 0.2) is 11.5 Å². The molecule has 3 aromatic heterocycles. The molecule has 44 heavy (non-hydrogen) atoms. The summed E-state index contributed by atoms with van der Waals surface area (Å²) < 4.78 is 53.8. The van der Waals surface area contributed by atoms with Crippen LogP contribution in [-0.4, -0.2) is 45.6 Å². The van der Waals surface area contributed by atoms with Crippen molar-refractivity contribution < 1.29 is 27.4 Å². The number of aromatic nitrogens is 4. The molecule has 5 aromatic rings. The number of benzene rings is 2. The number of urea groups is 1. The molecule has 0 aliphatic rings. The normalized spacial score (nSPS) is 11.3. The van der Waals surface area contributed by atoms with E-state index in [0.717, 1.165) is 17.7 Å². The molecule has 0 unspecified atom stereocenters. The molecule has 2 amide bonds. The Bertz CT molecular complexity index is 1760. The Labute approximate surface area is 251 Å². The van der Waals surface area contributed by atoms with Gasteiger partial charge in [-0.2, -0.15) is 13.2 Å². The number of nitrogens with zero attached hydrogens (tertiary/aromatic N) is 5. The first kappa shape index (κ1) is 30.1. The van der Waals surface area contributed by atoms with Crippen LogP contribution in [0.1, 0.15) is 25.0 Å². The molecule has 0 aliphatic carbocycles. The lowest BCUT2D eigenvalue weighted by Crippen LogP contribution is -2.21. The number of pyridine rings is 1. The molecule has 0 aliphatic heterocycles. The number of ether oxygens (including phenoxy) is 2. The molecule has 0 bridgehead atoms. The van der Waals surface area contributed by atoms with E-state index >= 15 is 0 Å². The lowest BCUT2D eigenvalue weighted by molar-refractivity contribution is -0.138. The molecule has 2 N–H and O–H groups in total. The van der Waals surface area contributed by atoms with Gasteiger partial charge in [0.1, 0.15) is 11.5 Å². The maximum atomic E-state index is 13.8. The third-order valence-electron chi connectivity index (χ3n) is 6.54. The molecular weight excluding hydrogens is 575 g/mol. The molecule has 0 atom stereocenters. The highest BCUT2D eigenvalue weighted by Gasteiger charge is 2.36. The number of carbonyl (C=O) groups excluding carboxylic acids is 1. The summed E-state index contributed by atoms with van der Waals surface area (Å²) in [7, 11) is 1.92. The van der Waals surface area contributed by atoms with E-state index in [1.54, 1.807) is 50.6 Å². The van der Waals surface area contributed by atoms with Crippen LogP contribution in [0, 0.1) is 0 Å². The number of hydrogen-bond donors (Lipinski definition) is 2. The van der Waals surface area contributed by atoms with Gasteiger partial charge in [-0.3, -0.25) is 4.98 Å². The molecular formula is C31H30F3N7O3. The predicted molar refractivity (Wildman–Crippen MR) is 161 cm³/mol. The topological polar surface area (TPSA) is 106 Å². The van der Waals surface area contributed by atoms with Crippen molar-refractivity contribution >= 4 is 28.9 Å². The molecule has 228 valence electrons. The van der Waals surface area contributed by atoms with Crippen LogP contribution in [0.2, 0.25) is 0 Å². The van der Waals surface area contributed by atoms with Gasteiger partial charge in [0.25, 0.3) is 0 Å². The Morgan fingerprint density at radius 3 is 2.45 bits per heavy atom. The second kappa shape index (κ2) is 12.9. The van der Waals surface area contributed by atoms with Crippen LogP contribution in [0.4, 0.5) is 35.2 Å². The summed E-state index contributed by atoms with van der Waals surface area (Å²) in [4.78, 5) is 28.4. The van der Waals surface area contributed by atoms with Crippen molar-refractivity contribution in [2.24, 2.45) is 0 Å². The van der Waals surface area contributed by atoms with Crippen molar-refractivity contribution in [1.29, 1.82) is 0 Å². The molecule has 2 aromatic carbocycles. The first-order chi connectivity index (χ1) is 21.2. The van der Waals surface area contributed by atoms with Gasteiger partial charge < -0.3 is 29.4 Å². The highest BCUT2D eigenvalue weighted by Crippen LogP contribution is 2.42. The Morgan fingerprint density at radius 1 is 0.977 bits per heavy atom. The number of amides is 2. The van der Waals surface area contributed by atoms with E-state index in [9.17, 15) is 18.0 Å². The van der Waals surface area contributed by atoms with E-state index in [1.165, 1.54) is 0 Å². The Morgan fingerprint density at radius 2 is 1.73 bits per heavy atom. The molecule has 5 rings (SSSR count). The third kappa shape index (κ3) is 6.83. The molecule has 0 spiro atoms. The quantitative estimate of drug-likeness (QED) is 0.179. The Kier molecular flexibility index (Phi) is 8.83. The molecule has 13 heteroatoms. The van der Waals surface area contributed by atoms with Gasteiger partial charge in [-0.25, -0.2) is 14.8 Å². The lowest BCUT2D eigenvalue weighted by Gasteiger charge is -2.20. The van der Waals surface area contributed by atoms with Crippen molar-refractivity contribution in [2.75, 3.05) is 35.8 Å². The Hall–Kier alpha value is -5.33. The van der Waals surface area contributed by atoms with Gasteiger partial charge in [0.2, 0.25) is 0 Å². The number of rotatable bonds is 10. The minimum atomic E-state index is -4.70. The number of alkyl halides is 3. The van der Waals surface area contributed by atoms with Crippen molar-refractivity contribution in [3.8, 4) is 22.8 Å². The maximum absolute atomic E-state index is 13.8. The van der Waals surface area contributed by atoms with Gasteiger partial charge in [-0.15, -0.1) is 0 Å². The van der Waals surface area contributed by atoms with E-state index in [0.29, 0.717) is 35.0 Å². The van der Waals surface area contributed by atoms with E-state index < -0.39 is 17.8 Å². The van der Waals surface area contributed by atoms with Crippen molar-refractivity contribution in [2.45, 2.75) is 26.6 Å². The fourth-order valence-electron chi connectivity index (χ4n) is 4.62. The molecule has 0 saturated carbocycles. The van der Waals surface area contributed by atoms with Crippen LogP contribution in [0.25, 0.3) is 16.9 Å². The van der Waals surface area contributed by atoms with Crippen LogP contribution in [-0.2, 0) is 12.7 Å². The average Bonchev–Trinajstić information content (AvgIpc) is 3.47. The van der Waals surface area contributed by atoms with Gasteiger partial charge in [0, 0.05) is 61.9 Å². The second-order valence-corrected chi connectivity index (χ2v) is 9.69. The summed E-state index contributed by atoms with van der Waals surface area (Å²) in [6.45, 7) is 4.05. The number of hydrogen-bond acceptors (Lipinski definition) is 7. The Balaban J connectivity index is 1.40. The molecule has 0 radical (unpaired) electrons. The van der Waals surface area contributed by atoms with Crippen LogP contribution in [0.15, 0.2) is 79.5 Å². The summed E-state index contributed by atoms with van der Waals surface area (Å²) in [5.74, 6) is 0.323. The van der Waals surface area contributed by atoms with Gasteiger partial charge in [-0.05, 0) is 49.7 Å². The standard InChI is InChI=1S/C31H30F3N7O3/c1-4-43-26-17-27(44-5-2)24(16-23(26)31(32,33)34)39-30(42)37-22-8-6-7-21(15-22)25-19-41-14-13-36-28(41)29(38-25)40(3)18-20-9-11-35-12-10-20/h6-17,19H,4-5,18H2,1-3H3,(H2,37,39,42). The van der Waals surface area contributed by atoms with E-state index in [1.807, 2.05) is 46.9 Å². The fraction of sp³-hybridized carbons (Fsp3) is 0.226. The zero-order valence-corrected chi connectivity index (χ0v) is 24.2. The SMILES string of the molecule is CCOc1cc(OCC)c(C(F)(F)F)cc1NC(=O)Nc1cccc(-c2cn3ccnc3c(N(C)Cc3ccncc3)n2)c1. The lowest BCUT2D eigenvalue weighted by atomic mass is 10.1. The zero-order valence-electron chi connectivity index (χ0n) is 24.2. The number of carbonyl (C=O) groups is 1. The van der Waals surface area contributed by atoms with Crippen molar-refractivity contribution in [3.05, 3.63) is 90.6 Å². The number of anilines is 3. The average molecular weight is 606 g/mol. The highest BCUT2D eigenvalue weighted by atomic mass is 19.4. The van der Waals surface area contributed by atoms with Gasteiger partial charge in [-0.1, -0.05) is 12.1 Å². The first-order valence-corrected chi connectivity index (χ1v) is 13.8. The first-order valence-electron chi connectivity index (χ1n) is 13.8. The minimum Gasteiger partial charge on any atom is -0.493 e. The molecule has 0 fully saturated rings. The largest absolute Gasteiger partial charge is 0.493 e. The summed E-state index contributed by atoms with van der Waals surface area (Å²) in [5, 5.41) is 5.17. The fourth-order valence-corrected chi connectivity index (χ4v) is 4.62. The molecule has 0 saturated heterocycles. The summed E-state index contributed by atoms with van der Waals surface area (Å²) >= 11 is 0. The smallest absolute Gasteiger partial charge is 0.420 e. The number of fused-ring (bicyclic) bond motifs is 1.